The summed E-state index contributed by atoms with van der Waals surface area (Å²) in [6.07, 6.45) is 1.46. The van der Waals surface area contributed by atoms with Gasteiger partial charge >= 0.3 is 0 Å². The zero-order valence-electron chi connectivity index (χ0n) is 9.51. The van der Waals surface area contributed by atoms with E-state index in [0.717, 1.165) is 12.0 Å². The molecule has 0 unspecified atom stereocenters. The van der Waals surface area contributed by atoms with E-state index in [-0.39, 0.29) is 0 Å². The minimum atomic E-state index is 0.313. The van der Waals surface area contributed by atoms with Gasteiger partial charge in [-0.3, -0.25) is 0 Å². The molecule has 0 heterocycles. The van der Waals surface area contributed by atoms with Crippen molar-refractivity contribution >= 4 is 11.4 Å². The lowest BCUT2D eigenvalue weighted by molar-refractivity contribution is 0.313. The Kier molecular flexibility index (Phi) is 4.51. The highest BCUT2D eigenvalue weighted by atomic mass is 16.4. The lowest BCUT2D eigenvalue weighted by Crippen LogP contribution is -2.15. The molecule has 0 aromatic heterocycles. The second-order valence-corrected chi connectivity index (χ2v) is 3.40. The van der Waals surface area contributed by atoms with E-state index in [1.54, 1.807) is 0 Å². The highest BCUT2D eigenvalue weighted by molar-refractivity contribution is 6.48. The van der Waals surface area contributed by atoms with Crippen molar-refractivity contribution in [2.75, 3.05) is 0 Å². The lowest BCUT2D eigenvalue weighted by atomic mass is 10.0. The van der Waals surface area contributed by atoms with Crippen molar-refractivity contribution in [1.82, 2.24) is 0 Å². The summed E-state index contributed by atoms with van der Waals surface area (Å²) in [6.45, 7) is 3.91. The molecule has 4 nitrogen and oxygen atoms in total. The highest BCUT2D eigenvalue weighted by Gasteiger charge is 2.11. The number of oxime groups is 2. The first-order valence-corrected chi connectivity index (χ1v) is 5.29. The Hall–Kier alpha value is -1.84. The minimum Gasteiger partial charge on any atom is -0.411 e. The van der Waals surface area contributed by atoms with Crippen LogP contribution >= 0.6 is 0 Å². The fraction of sp³-hybridized carbons (Fsp3) is 0.333. The van der Waals surface area contributed by atoms with Gasteiger partial charge in [-0.05, 0) is 18.4 Å². The van der Waals surface area contributed by atoms with Crippen molar-refractivity contribution in [1.29, 1.82) is 0 Å². The van der Waals surface area contributed by atoms with E-state index in [1.165, 1.54) is 5.56 Å². The third-order valence-electron chi connectivity index (χ3n) is 2.46. The molecule has 2 N–H and O–H groups in total. The molecule has 1 aromatic carbocycles. The Bertz CT molecular complexity index is 394. The van der Waals surface area contributed by atoms with Gasteiger partial charge in [0.15, 0.2) is 0 Å². The molecule has 86 valence electrons. The van der Waals surface area contributed by atoms with Gasteiger partial charge in [-0.1, -0.05) is 48.4 Å². The van der Waals surface area contributed by atoms with Gasteiger partial charge in [0.1, 0.15) is 11.4 Å². The summed E-state index contributed by atoms with van der Waals surface area (Å²) < 4.78 is 0. The van der Waals surface area contributed by atoms with Crippen molar-refractivity contribution in [3.05, 3.63) is 35.4 Å². The van der Waals surface area contributed by atoms with Crippen LogP contribution in [0, 0.1) is 0 Å². The Morgan fingerprint density at radius 3 is 2.06 bits per heavy atom. The third kappa shape index (κ3) is 2.59. The normalized spacial score (nSPS) is 12.9. The minimum absolute atomic E-state index is 0.313. The first-order chi connectivity index (χ1) is 7.76. The Morgan fingerprint density at radius 1 is 1.06 bits per heavy atom. The molecule has 0 fully saturated rings. The summed E-state index contributed by atoms with van der Waals surface area (Å²) in [5.41, 5.74) is 2.63. The summed E-state index contributed by atoms with van der Waals surface area (Å²) >= 11 is 0. The van der Waals surface area contributed by atoms with E-state index in [9.17, 15) is 0 Å². The van der Waals surface area contributed by atoms with E-state index < -0.39 is 0 Å². The van der Waals surface area contributed by atoms with Gasteiger partial charge in [0.2, 0.25) is 0 Å². The molecule has 0 aliphatic heterocycles. The zero-order valence-corrected chi connectivity index (χ0v) is 9.51. The van der Waals surface area contributed by atoms with E-state index in [2.05, 4.69) is 17.2 Å². The smallest absolute Gasteiger partial charge is 0.134 e. The maximum absolute atomic E-state index is 8.93. The van der Waals surface area contributed by atoms with E-state index in [1.807, 2.05) is 31.2 Å². The lowest BCUT2D eigenvalue weighted by Gasteiger charge is -2.05. The Labute approximate surface area is 94.9 Å². The molecule has 0 amide bonds. The maximum atomic E-state index is 8.93. The molecule has 0 spiro atoms. The molecule has 0 saturated carbocycles. The van der Waals surface area contributed by atoms with Crippen molar-refractivity contribution in [3.63, 3.8) is 0 Å². The highest BCUT2D eigenvalue weighted by Crippen LogP contribution is 2.08. The molecule has 0 atom stereocenters. The summed E-state index contributed by atoms with van der Waals surface area (Å²) in [5.74, 6) is 0. The molecule has 4 heteroatoms. The van der Waals surface area contributed by atoms with E-state index >= 15 is 0 Å². The third-order valence-corrected chi connectivity index (χ3v) is 2.46. The predicted molar refractivity (Wildman–Crippen MR) is 63.7 cm³/mol. The summed E-state index contributed by atoms with van der Waals surface area (Å²) in [7, 11) is 0. The van der Waals surface area contributed by atoms with Crippen molar-refractivity contribution < 1.29 is 10.4 Å². The molecule has 16 heavy (non-hydrogen) atoms. The quantitative estimate of drug-likeness (QED) is 0.465. The maximum Gasteiger partial charge on any atom is 0.134 e. The van der Waals surface area contributed by atoms with Crippen LogP contribution in [0.25, 0.3) is 0 Å². The number of rotatable bonds is 4. The second kappa shape index (κ2) is 5.90. The predicted octanol–water partition coefficient (Wildman–Crippen LogP) is 2.67. The molecular weight excluding hydrogens is 204 g/mol. The summed E-state index contributed by atoms with van der Waals surface area (Å²) in [5, 5.41) is 24.0. The van der Waals surface area contributed by atoms with Crippen LogP contribution in [0.1, 0.15) is 31.4 Å². The molecule has 0 aliphatic rings. The van der Waals surface area contributed by atoms with Crippen LogP contribution in [0.15, 0.2) is 34.6 Å². The topological polar surface area (TPSA) is 65.2 Å². The van der Waals surface area contributed by atoms with E-state index in [4.69, 9.17) is 10.4 Å². The number of aryl methyl sites for hydroxylation is 1. The van der Waals surface area contributed by atoms with Gasteiger partial charge in [-0.15, -0.1) is 0 Å². The van der Waals surface area contributed by atoms with Crippen molar-refractivity contribution in [2.24, 2.45) is 10.3 Å². The fourth-order valence-corrected chi connectivity index (χ4v) is 1.47. The standard InChI is InChI=1S/C12H16N2O2/c1-3-9-5-7-10(8-6-9)12(14-16)11(4-2)13-15/h5-8,15-16H,3-4H2,1-2H3. The molecule has 0 bridgehead atoms. The number of benzene rings is 1. The number of hydrogen-bond donors (Lipinski definition) is 2. The molecule has 1 rings (SSSR count). The van der Waals surface area contributed by atoms with Crippen LogP contribution < -0.4 is 0 Å². The van der Waals surface area contributed by atoms with Gasteiger partial charge < -0.3 is 10.4 Å². The van der Waals surface area contributed by atoms with Gasteiger partial charge in [0.25, 0.3) is 0 Å². The van der Waals surface area contributed by atoms with Crippen molar-refractivity contribution in [2.45, 2.75) is 26.7 Å². The average molecular weight is 220 g/mol. The molecular formula is C12H16N2O2. The van der Waals surface area contributed by atoms with Crippen LogP contribution in [0.4, 0.5) is 0 Å². The fourth-order valence-electron chi connectivity index (χ4n) is 1.47. The summed E-state index contributed by atoms with van der Waals surface area (Å²) in [4.78, 5) is 0. The van der Waals surface area contributed by atoms with Gasteiger partial charge in [0.05, 0.1) is 0 Å². The SMILES string of the molecule is CCC(=NO)C(=NO)c1ccc(CC)cc1. The van der Waals surface area contributed by atoms with Crippen LogP contribution in [-0.4, -0.2) is 21.8 Å². The van der Waals surface area contributed by atoms with Gasteiger partial charge in [-0.25, -0.2) is 0 Å². The number of hydrogen-bond acceptors (Lipinski definition) is 4. The van der Waals surface area contributed by atoms with Crippen molar-refractivity contribution in [3.8, 4) is 0 Å². The van der Waals surface area contributed by atoms with Crippen LogP contribution in [0.3, 0.4) is 0 Å². The molecule has 0 saturated heterocycles. The van der Waals surface area contributed by atoms with Crippen LogP contribution in [0.2, 0.25) is 0 Å². The van der Waals surface area contributed by atoms with Gasteiger partial charge in [0, 0.05) is 5.56 Å². The Morgan fingerprint density at radius 2 is 1.69 bits per heavy atom. The Balaban J connectivity index is 3.05. The largest absolute Gasteiger partial charge is 0.411 e. The van der Waals surface area contributed by atoms with Crippen LogP contribution in [-0.2, 0) is 6.42 Å². The van der Waals surface area contributed by atoms with E-state index in [0.29, 0.717) is 17.8 Å². The average Bonchev–Trinajstić information content (AvgIpc) is 2.36. The molecule has 0 aliphatic carbocycles. The first-order valence-electron chi connectivity index (χ1n) is 5.29. The van der Waals surface area contributed by atoms with Crippen LogP contribution in [0.5, 0.6) is 0 Å². The zero-order chi connectivity index (χ0) is 12.0. The van der Waals surface area contributed by atoms with Gasteiger partial charge in [-0.2, -0.15) is 0 Å². The number of nitrogens with zero attached hydrogens (tertiary/aromatic N) is 2. The monoisotopic (exact) mass is 220 g/mol. The second-order valence-electron chi connectivity index (χ2n) is 3.40. The molecule has 0 radical (unpaired) electrons. The first kappa shape index (κ1) is 12.2. The summed E-state index contributed by atoms with van der Waals surface area (Å²) in [6, 6.07) is 7.64. The molecule has 1 aromatic rings.